The first-order valence-corrected chi connectivity index (χ1v) is 9.16. The fourth-order valence-corrected chi connectivity index (χ4v) is 4.01. The molecule has 0 atom stereocenters. The van der Waals surface area contributed by atoms with Gasteiger partial charge in [0, 0.05) is 18.7 Å². The van der Waals surface area contributed by atoms with Crippen molar-refractivity contribution < 1.29 is 9.53 Å². The maximum Gasteiger partial charge on any atom is 0.273 e. The van der Waals surface area contributed by atoms with E-state index in [2.05, 4.69) is 15.5 Å². The van der Waals surface area contributed by atoms with Gasteiger partial charge in [0.25, 0.3) is 5.91 Å². The Morgan fingerprint density at radius 2 is 1.96 bits per heavy atom. The first-order chi connectivity index (χ1) is 12.2. The molecular formula is C17H16N4O2S2. The number of thiocarbonyl (C=S) groups is 1. The minimum Gasteiger partial charge on any atom is -0.378 e. The largest absolute Gasteiger partial charge is 0.378 e. The van der Waals surface area contributed by atoms with Crippen LogP contribution in [0, 0.1) is 0 Å². The fraction of sp³-hybridized carbons (Fsp3) is 0.235. The van der Waals surface area contributed by atoms with Crippen LogP contribution in [0.1, 0.15) is 4.88 Å². The summed E-state index contributed by atoms with van der Waals surface area (Å²) in [4.78, 5) is 20.0. The second-order valence-corrected chi connectivity index (χ2v) is 7.06. The summed E-state index contributed by atoms with van der Waals surface area (Å²) in [6, 6.07) is 9.98. The zero-order valence-corrected chi connectivity index (χ0v) is 15.0. The highest BCUT2D eigenvalue weighted by atomic mass is 32.1. The molecule has 2 fully saturated rings. The van der Waals surface area contributed by atoms with Crippen molar-refractivity contribution in [2.75, 3.05) is 31.2 Å². The van der Waals surface area contributed by atoms with Crippen LogP contribution in [0.25, 0.3) is 17.3 Å². The summed E-state index contributed by atoms with van der Waals surface area (Å²) in [5.74, 6) is -0.217. The van der Waals surface area contributed by atoms with Gasteiger partial charge < -0.3 is 15.0 Å². The van der Waals surface area contributed by atoms with Gasteiger partial charge in [0.05, 0.1) is 23.8 Å². The molecule has 0 unspecified atom stereocenters. The van der Waals surface area contributed by atoms with Gasteiger partial charge in [-0.15, -0.1) is 0 Å². The van der Waals surface area contributed by atoms with Gasteiger partial charge >= 0.3 is 0 Å². The van der Waals surface area contributed by atoms with Crippen LogP contribution >= 0.6 is 23.6 Å². The Balaban J connectivity index is 1.75. The third-order valence-electron chi connectivity index (χ3n) is 3.97. The summed E-state index contributed by atoms with van der Waals surface area (Å²) < 4.78 is 5.42. The van der Waals surface area contributed by atoms with Gasteiger partial charge in [0.1, 0.15) is 5.70 Å². The molecule has 2 aliphatic rings. The molecule has 2 saturated heterocycles. The number of anilines is 1. The van der Waals surface area contributed by atoms with Crippen LogP contribution in [0.5, 0.6) is 0 Å². The molecule has 6 nitrogen and oxygen atoms in total. The predicted molar refractivity (Wildman–Crippen MR) is 102 cm³/mol. The summed E-state index contributed by atoms with van der Waals surface area (Å²) in [5, 5.41) is 6.75. The molecule has 128 valence electrons. The third kappa shape index (κ3) is 3.41. The van der Waals surface area contributed by atoms with Crippen LogP contribution in [0.2, 0.25) is 0 Å². The van der Waals surface area contributed by atoms with Crippen LogP contribution < -0.4 is 15.5 Å². The first kappa shape index (κ1) is 16.2. The molecule has 1 aromatic carbocycles. The number of nitrogens with one attached hydrogen (secondary N) is 2. The lowest BCUT2D eigenvalue weighted by atomic mass is 10.1. The van der Waals surface area contributed by atoms with Gasteiger partial charge in [-0.3, -0.25) is 10.1 Å². The molecule has 0 aliphatic carbocycles. The van der Waals surface area contributed by atoms with Crippen LogP contribution in [-0.2, 0) is 9.53 Å². The number of benzene rings is 1. The van der Waals surface area contributed by atoms with E-state index < -0.39 is 0 Å². The van der Waals surface area contributed by atoms with E-state index in [-0.39, 0.29) is 5.91 Å². The summed E-state index contributed by atoms with van der Waals surface area (Å²) in [6.07, 6.45) is 1.82. The number of aromatic nitrogens is 1. The van der Waals surface area contributed by atoms with Gasteiger partial charge in [0.2, 0.25) is 0 Å². The van der Waals surface area contributed by atoms with Crippen molar-refractivity contribution in [2.45, 2.75) is 0 Å². The molecule has 0 saturated carbocycles. The van der Waals surface area contributed by atoms with Crippen molar-refractivity contribution in [2.24, 2.45) is 0 Å². The Hall–Kier alpha value is -2.29. The molecule has 2 aliphatic heterocycles. The number of morpholine rings is 1. The van der Waals surface area contributed by atoms with Crippen molar-refractivity contribution in [1.82, 2.24) is 15.6 Å². The Morgan fingerprint density at radius 1 is 1.20 bits per heavy atom. The number of rotatable bonds is 3. The van der Waals surface area contributed by atoms with Gasteiger partial charge in [-0.2, -0.15) is 0 Å². The fourth-order valence-electron chi connectivity index (χ4n) is 2.72. The zero-order chi connectivity index (χ0) is 17.2. The lowest BCUT2D eigenvalue weighted by Gasteiger charge is -2.26. The Kier molecular flexibility index (Phi) is 4.48. The lowest BCUT2D eigenvalue weighted by Crippen LogP contribution is -2.36. The minimum atomic E-state index is -0.217. The van der Waals surface area contributed by atoms with Gasteiger partial charge in [-0.05, 0) is 18.3 Å². The number of hydrogen-bond donors (Lipinski definition) is 2. The Labute approximate surface area is 154 Å². The summed E-state index contributed by atoms with van der Waals surface area (Å²) in [7, 11) is 0. The van der Waals surface area contributed by atoms with E-state index in [0.717, 1.165) is 34.4 Å². The Morgan fingerprint density at radius 3 is 2.64 bits per heavy atom. The van der Waals surface area contributed by atoms with Crippen LogP contribution in [0.15, 0.2) is 36.0 Å². The van der Waals surface area contributed by atoms with Crippen molar-refractivity contribution >= 4 is 45.8 Å². The highest BCUT2D eigenvalue weighted by Crippen LogP contribution is 2.35. The maximum absolute atomic E-state index is 12.0. The number of amides is 1. The monoisotopic (exact) mass is 372 g/mol. The number of carbonyl (C=O) groups excluding carboxylic acids is 1. The quantitative estimate of drug-likeness (QED) is 0.635. The zero-order valence-electron chi connectivity index (χ0n) is 13.3. The van der Waals surface area contributed by atoms with E-state index in [9.17, 15) is 4.79 Å². The van der Waals surface area contributed by atoms with Crippen LogP contribution in [0.4, 0.5) is 5.13 Å². The van der Waals surface area contributed by atoms with Crippen LogP contribution in [-0.4, -0.2) is 42.3 Å². The van der Waals surface area contributed by atoms with E-state index in [1.807, 2.05) is 36.4 Å². The number of ether oxygens (including phenoxy) is 1. The lowest BCUT2D eigenvalue weighted by molar-refractivity contribution is -0.115. The molecule has 3 heterocycles. The van der Waals surface area contributed by atoms with E-state index in [1.54, 1.807) is 11.3 Å². The highest BCUT2D eigenvalue weighted by Gasteiger charge is 2.23. The van der Waals surface area contributed by atoms with E-state index in [1.165, 1.54) is 0 Å². The normalized spacial score (nSPS) is 19.2. The summed E-state index contributed by atoms with van der Waals surface area (Å²) in [6.45, 7) is 3.05. The number of thiazole rings is 1. The molecule has 25 heavy (non-hydrogen) atoms. The molecule has 0 radical (unpaired) electrons. The molecule has 1 aromatic heterocycles. The van der Waals surface area contributed by atoms with Crippen LogP contribution in [0.3, 0.4) is 0 Å². The van der Waals surface area contributed by atoms with Gasteiger partial charge in [0.15, 0.2) is 10.2 Å². The van der Waals surface area contributed by atoms with Gasteiger partial charge in [-0.1, -0.05) is 41.7 Å². The smallest absolute Gasteiger partial charge is 0.273 e. The standard InChI is InChI=1S/C17H16N4O2S2/c22-15-12(18-16(24)20-15)10-13-14(11-4-2-1-3-5-11)19-17(25-13)21-6-8-23-9-7-21/h1-5,10H,6-9H2,(H2,18,20,22,24)/b12-10-. The molecular weight excluding hydrogens is 356 g/mol. The SMILES string of the molecule is O=C1NC(=S)N/C1=C\c1sc(N2CCOCC2)nc1-c1ccccc1. The predicted octanol–water partition coefficient (Wildman–Crippen LogP) is 1.99. The van der Waals surface area contributed by atoms with E-state index in [0.29, 0.717) is 24.0 Å². The van der Waals surface area contributed by atoms with Crippen molar-refractivity contribution in [3.63, 3.8) is 0 Å². The molecule has 0 bridgehead atoms. The second kappa shape index (κ2) is 6.91. The summed E-state index contributed by atoms with van der Waals surface area (Å²) >= 11 is 6.58. The number of nitrogens with zero attached hydrogens (tertiary/aromatic N) is 2. The summed E-state index contributed by atoms with van der Waals surface area (Å²) in [5.41, 5.74) is 2.33. The highest BCUT2D eigenvalue weighted by molar-refractivity contribution is 7.80. The van der Waals surface area contributed by atoms with Crippen molar-refractivity contribution in [3.8, 4) is 11.3 Å². The molecule has 0 spiro atoms. The van der Waals surface area contributed by atoms with Crippen molar-refractivity contribution in [3.05, 3.63) is 40.9 Å². The molecule has 2 aromatic rings. The third-order valence-corrected chi connectivity index (χ3v) is 5.23. The average Bonchev–Trinajstić information content (AvgIpc) is 3.20. The number of carbonyl (C=O) groups is 1. The second-order valence-electron chi connectivity index (χ2n) is 5.64. The van der Waals surface area contributed by atoms with Gasteiger partial charge in [-0.25, -0.2) is 4.98 Å². The molecule has 2 N–H and O–H groups in total. The first-order valence-electron chi connectivity index (χ1n) is 7.94. The molecule has 1 amide bonds. The van der Waals surface area contributed by atoms with Crippen molar-refractivity contribution in [1.29, 1.82) is 0 Å². The number of hydrogen-bond acceptors (Lipinski definition) is 6. The maximum atomic E-state index is 12.0. The Bertz CT molecular complexity index is 842. The average molecular weight is 372 g/mol. The van der Waals surface area contributed by atoms with E-state index in [4.69, 9.17) is 21.9 Å². The topological polar surface area (TPSA) is 66.5 Å². The molecule has 8 heteroatoms. The minimum absolute atomic E-state index is 0.217. The van der Waals surface area contributed by atoms with E-state index >= 15 is 0 Å². The molecule has 4 rings (SSSR count).